The molecule has 0 bridgehead atoms. The second kappa shape index (κ2) is 10.8. The number of aryl methyl sites for hydroxylation is 1. The lowest BCUT2D eigenvalue weighted by Gasteiger charge is -2.12. The van der Waals surface area contributed by atoms with Crippen LogP contribution in [0.5, 0.6) is 17.2 Å². The molecule has 8 nitrogen and oxygen atoms in total. The molecule has 0 saturated carbocycles. The normalized spacial score (nSPS) is 10.4. The first-order valence-electron chi connectivity index (χ1n) is 10.4. The Hall–Kier alpha value is -3.85. The summed E-state index contributed by atoms with van der Waals surface area (Å²) in [5.41, 5.74) is 1.87. The zero-order chi connectivity index (χ0) is 24.8. The highest BCUT2D eigenvalue weighted by molar-refractivity contribution is 7.17. The summed E-state index contributed by atoms with van der Waals surface area (Å²) in [5.74, 6) is -0.193. The van der Waals surface area contributed by atoms with E-state index in [2.05, 4.69) is 5.32 Å². The summed E-state index contributed by atoms with van der Waals surface area (Å²) in [4.78, 5) is 38.0. The van der Waals surface area contributed by atoms with Crippen molar-refractivity contribution >= 4 is 34.2 Å². The van der Waals surface area contributed by atoms with Crippen molar-refractivity contribution in [2.24, 2.45) is 0 Å². The average Bonchev–Trinajstić information content (AvgIpc) is 3.13. The molecule has 0 atom stereocenters. The highest BCUT2D eigenvalue weighted by Crippen LogP contribution is 2.43. The van der Waals surface area contributed by atoms with Crippen LogP contribution in [0.3, 0.4) is 0 Å². The molecule has 2 aromatic carbocycles. The first kappa shape index (κ1) is 24.8. The zero-order valence-corrected chi connectivity index (χ0v) is 20.3. The number of carbonyl (C=O) groups excluding carboxylic acids is 3. The standard InChI is InChI=1S/C25H25NO7S/c1-6-32-25(29)22-21(16-10-11-19(30-4)20(13-16)31-5)14(2)34-24(22)26-23(28)17-8-7-9-18(12-17)33-15(3)27/h7-13H,6H2,1-5H3,(H,26,28). The number of hydrogen-bond donors (Lipinski definition) is 1. The Kier molecular flexibility index (Phi) is 7.91. The Morgan fingerprint density at radius 3 is 2.38 bits per heavy atom. The molecule has 1 N–H and O–H groups in total. The Morgan fingerprint density at radius 2 is 1.74 bits per heavy atom. The van der Waals surface area contributed by atoms with Gasteiger partial charge >= 0.3 is 11.9 Å². The van der Waals surface area contributed by atoms with E-state index in [0.29, 0.717) is 27.6 Å². The summed E-state index contributed by atoms with van der Waals surface area (Å²) in [7, 11) is 3.07. The van der Waals surface area contributed by atoms with E-state index in [1.165, 1.54) is 31.4 Å². The van der Waals surface area contributed by atoms with Crippen LogP contribution in [0, 0.1) is 6.92 Å². The zero-order valence-electron chi connectivity index (χ0n) is 19.5. The second-order valence-corrected chi connectivity index (χ2v) is 8.33. The van der Waals surface area contributed by atoms with E-state index in [-0.39, 0.29) is 23.5 Å². The maximum Gasteiger partial charge on any atom is 0.341 e. The summed E-state index contributed by atoms with van der Waals surface area (Å²) in [6, 6.07) is 11.6. The lowest BCUT2D eigenvalue weighted by atomic mass is 10.0. The van der Waals surface area contributed by atoms with Crippen LogP contribution < -0.4 is 19.5 Å². The first-order chi connectivity index (χ1) is 16.3. The molecule has 9 heteroatoms. The molecule has 1 amide bonds. The van der Waals surface area contributed by atoms with Gasteiger partial charge in [0.15, 0.2) is 11.5 Å². The molecule has 1 aromatic heterocycles. The number of hydrogen-bond acceptors (Lipinski definition) is 8. The third-order valence-corrected chi connectivity index (χ3v) is 5.84. The molecule has 0 unspecified atom stereocenters. The molecule has 0 aliphatic heterocycles. The predicted octanol–water partition coefficient (Wildman–Crippen LogP) is 5.10. The number of esters is 2. The minimum atomic E-state index is -0.555. The van der Waals surface area contributed by atoms with E-state index in [0.717, 1.165) is 4.88 Å². The smallest absolute Gasteiger partial charge is 0.341 e. The van der Waals surface area contributed by atoms with E-state index >= 15 is 0 Å². The second-order valence-electron chi connectivity index (χ2n) is 7.10. The van der Waals surface area contributed by atoms with E-state index < -0.39 is 17.8 Å². The molecule has 3 aromatic rings. The van der Waals surface area contributed by atoms with Gasteiger partial charge in [-0.05, 0) is 49.7 Å². The van der Waals surface area contributed by atoms with Gasteiger partial charge in [-0.25, -0.2) is 4.79 Å². The minimum absolute atomic E-state index is 0.177. The van der Waals surface area contributed by atoms with Crippen LogP contribution in [0.4, 0.5) is 5.00 Å². The third kappa shape index (κ3) is 5.37. The van der Waals surface area contributed by atoms with Crippen molar-refractivity contribution in [2.75, 3.05) is 26.1 Å². The number of ether oxygens (including phenoxy) is 4. The molecule has 0 radical (unpaired) electrons. The number of anilines is 1. The number of nitrogens with one attached hydrogen (secondary N) is 1. The average molecular weight is 484 g/mol. The number of amides is 1. The van der Waals surface area contributed by atoms with Gasteiger partial charge in [-0.3, -0.25) is 9.59 Å². The van der Waals surface area contributed by atoms with Crippen molar-refractivity contribution in [2.45, 2.75) is 20.8 Å². The van der Waals surface area contributed by atoms with Crippen molar-refractivity contribution in [1.29, 1.82) is 0 Å². The molecule has 0 aliphatic carbocycles. The topological polar surface area (TPSA) is 100 Å². The van der Waals surface area contributed by atoms with Crippen molar-refractivity contribution < 1.29 is 33.3 Å². The SMILES string of the molecule is CCOC(=O)c1c(NC(=O)c2cccc(OC(C)=O)c2)sc(C)c1-c1ccc(OC)c(OC)c1. The molecule has 0 saturated heterocycles. The molecule has 0 fully saturated rings. The first-order valence-corrected chi connectivity index (χ1v) is 11.2. The summed E-state index contributed by atoms with van der Waals surface area (Å²) < 4.78 is 21.1. The van der Waals surface area contributed by atoms with Gasteiger partial charge in [-0.1, -0.05) is 12.1 Å². The van der Waals surface area contributed by atoms with Crippen LogP contribution in [0.2, 0.25) is 0 Å². The monoisotopic (exact) mass is 483 g/mol. The Labute approximate surface area is 201 Å². The largest absolute Gasteiger partial charge is 0.493 e. The van der Waals surface area contributed by atoms with Gasteiger partial charge in [0.25, 0.3) is 5.91 Å². The molecule has 34 heavy (non-hydrogen) atoms. The Morgan fingerprint density at radius 1 is 1.00 bits per heavy atom. The lowest BCUT2D eigenvalue weighted by molar-refractivity contribution is -0.131. The van der Waals surface area contributed by atoms with Crippen LogP contribution in [0.25, 0.3) is 11.1 Å². The summed E-state index contributed by atoms with van der Waals surface area (Å²) in [6.07, 6.45) is 0. The van der Waals surface area contributed by atoms with Gasteiger partial charge in [0.05, 0.1) is 20.8 Å². The molecule has 3 rings (SSSR count). The maximum absolute atomic E-state index is 13.0. The van der Waals surface area contributed by atoms with Gasteiger partial charge in [0.2, 0.25) is 0 Å². The summed E-state index contributed by atoms with van der Waals surface area (Å²) >= 11 is 1.26. The number of methoxy groups -OCH3 is 2. The van der Waals surface area contributed by atoms with E-state index in [1.54, 1.807) is 44.4 Å². The van der Waals surface area contributed by atoms with Crippen LogP contribution in [-0.2, 0) is 9.53 Å². The van der Waals surface area contributed by atoms with E-state index in [9.17, 15) is 14.4 Å². The predicted molar refractivity (Wildman–Crippen MR) is 129 cm³/mol. The highest BCUT2D eigenvalue weighted by atomic mass is 32.1. The number of rotatable bonds is 8. The summed E-state index contributed by atoms with van der Waals surface area (Å²) in [6.45, 7) is 5.03. The fourth-order valence-corrected chi connectivity index (χ4v) is 4.47. The third-order valence-electron chi connectivity index (χ3n) is 4.82. The Bertz CT molecular complexity index is 1230. The minimum Gasteiger partial charge on any atom is -0.493 e. The number of carbonyl (C=O) groups is 3. The van der Waals surface area contributed by atoms with Gasteiger partial charge in [-0.2, -0.15) is 0 Å². The van der Waals surface area contributed by atoms with E-state index in [4.69, 9.17) is 18.9 Å². The summed E-state index contributed by atoms with van der Waals surface area (Å²) in [5, 5.41) is 3.16. The molecule has 1 heterocycles. The van der Waals surface area contributed by atoms with Crippen molar-refractivity contribution in [3.05, 3.63) is 58.5 Å². The maximum atomic E-state index is 13.0. The lowest BCUT2D eigenvalue weighted by Crippen LogP contribution is -2.15. The van der Waals surface area contributed by atoms with E-state index in [1.807, 2.05) is 13.0 Å². The fourth-order valence-electron chi connectivity index (χ4n) is 3.41. The Balaban J connectivity index is 2.05. The van der Waals surface area contributed by atoms with Crippen LogP contribution >= 0.6 is 11.3 Å². The van der Waals surface area contributed by atoms with Crippen molar-refractivity contribution in [3.63, 3.8) is 0 Å². The van der Waals surface area contributed by atoms with Gasteiger partial charge in [0, 0.05) is 22.9 Å². The van der Waals surface area contributed by atoms with Gasteiger partial charge in [-0.15, -0.1) is 11.3 Å². The molecule has 0 spiro atoms. The van der Waals surface area contributed by atoms with Gasteiger partial charge in [0.1, 0.15) is 16.3 Å². The van der Waals surface area contributed by atoms with Crippen LogP contribution in [-0.4, -0.2) is 38.7 Å². The quantitative estimate of drug-likeness (QED) is 0.352. The van der Waals surface area contributed by atoms with Crippen molar-refractivity contribution in [1.82, 2.24) is 0 Å². The fraction of sp³-hybridized carbons (Fsp3) is 0.240. The van der Waals surface area contributed by atoms with Gasteiger partial charge < -0.3 is 24.3 Å². The molecule has 178 valence electrons. The molecule has 0 aliphatic rings. The number of thiophene rings is 1. The van der Waals surface area contributed by atoms with Crippen molar-refractivity contribution in [3.8, 4) is 28.4 Å². The molecular formula is C25H25NO7S. The molecular weight excluding hydrogens is 458 g/mol. The van der Waals surface area contributed by atoms with Crippen LogP contribution in [0.15, 0.2) is 42.5 Å². The number of benzene rings is 2. The van der Waals surface area contributed by atoms with Crippen LogP contribution in [0.1, 0.15) is 39.4 Å². The highest BCUT2D eigenvalue weighted by Gasteiger charge is 2.26.